The minimum atomic E-state index is 0.413. The van der Waals surface area contributed by atoms with Crippen LogP contribution in [0.5, 0.6) is 0 Å². The Morgan fingerprint density at radius 3 is 2.62 bits per heavy atom. The second-order valence-electron chi connectivity index (χ2n) is 8.29. The van der Waals surface area contributed by atoms with Crippen molar-refractivity contribution < 1.29 is 0 Å². The Hall–Kier alpha value is -1.65. The summed E-state index contributed by atoms with van der Waals surface area (Å²) in [5.74, 6) is 0.823. The topological polar surface area (TPSA) is 35.2 Å². The van der Waals surface area contributed by atoms with Crippen LogP contribution in [0.3, 0.4) is 0 Å². The number of aromatic nitrogens is 2. The van der Waals surface area contributed by atoms with E-state index in [2.05, 4.69) is 59.0 Å². The lowest BCUT2D eigenvalue weighted by atomic mass is 9.91. The van der Waals surface area contributed by atoms with E-state index in [4.69, 9.17) is 4.98 Å². The summed E-state index contributed by atoms with van der Waals surface area (Å²) >= 11 is 0. The fourth-order valence-electron chi connectivity index (χ4n) is 4.67. The van der Waals surface area contributed by atoms with Crippen molar-refractivity contribution in [3.8, 4) is 0 Å². The van der Waals surface area contributed by atoms with Crippen molar-refractivity contribution in [3.05, 3.63) is 53.6 Å². The Bertz CT molecular complexity index is 685. The van der Waals surface area contributed by atoms with E-state index in [1.165, 1.54) is 49.4 Å². The maximum absolute atomic E-state index is 4.71. The van der Waals surface area contributed by atoms with Gasteiger partial charge in [0.2, 0.25) is 0 Å². The van der Waals surface area contributed by atoms with Crippen LogP contribution in [0.1, 0.15) is 49.7 Å². The number of imidazole rings is 1. The molecule has 0 radical (unpaired) electrons. The van der Waals surface area contributed by atoms with Crippen molar-refractivity contribution in [1.82, 2.24) is 19.8 Å². The monoisotopic (exact) mass is 352 g/mol. The van der Waals surface area contributed by atoms with Gasteiger partial charge in [0.15, 0.2) is 0 Å². The zero-order valence-corrected chi connectivity index (χ0v) is 16.2. The van der Waals surface area contributed by atoms with Gasteiger partial charge in [-0.05, 0) is 57.7 Å². The average Bonchev–Trinajstić information content (AvgIpc) is 3.14. The molecule has 1 atom stereocenters. The molecule has 1 fully saturated rings. The van der Waals surface area contributed by atoms with Gasteiger partial charge in [0.25, 0.3) is 0 Å². The first-order valence-electron chi connectivity index (χ1n) is 10.2. The molecule has 2 aliphatic heterocycles. The molecule has 2 aliphatic rings. The van der Waals surface area contributed by atoms with Crippen LogP contribution in [-0.2, 0) is 12.8 Å². The van der Waals surface area contributed by atoms with Gasteiger partial charge in [0.1, 0.15) is 0 Å². The molecule has 1 N–H and O–H groups in total. The number of nitrogens with zero attached hydrogens (tertiary/aromatic N) is 3. The van der Waals surface area contributed by atoms with Crippen LogP contribution in [0.25, 0.3) is 0 Å². The Morgan fingerprint density at radius 2 is 1.88 bits per heavy atom. The second-order valence-corrected chi connectivity index (χ2v) is 8.29. The molecule has 0 saturated carbocycles. The molecule has 0 spiro atoms. The molecule has 1 saturated heterocycles. The lowest BCUT2D eigenvalue weighted by Gasteiger charge is -2.40. The number of H-pyrrole nitrogens is 1. The SMILES string of the molecule is CC(C)N1CCC(CN2CCc3[nH]cnc3[C@H]2Cc2ccccc2)CC1. The van der Waals surface area contributed by atoms with Crippen LogP contribution in [0.15, 0.2) is 36.7 Å². The summed E-state index contributed by atoms with van der Waals surface area (Å²) < 4.78 is 0. The van der Waals surface area contributed by atoms with Crippen LogP contribution >= 0.6 is 0 Å². The van der Waals surface area contributed by atoms with Gasteiger partial charge in [-0.25, -0.2) is 4.98 Å². The number of likely N-dealkylation sites (tertiary alicyclic amines) is 1. The zero-order valence-electron chi connectivity index (χ0n) is 16.2. The lowest BCUT2D eigenvalue weighted by molar-refractivity contribution is 0.0965. The van der Waals surface area contributed by atoms with Crippen molar-refractivity contribution in [2.24, 2.45) is 5.92 Å². The highest BCUT2D eigenvalue weighted by molar-refractivity contribution is 5.24. The number of aromatic amines is 1. The molecule has 4 rings (SSSR count). The lowest BCUT2D eigenvalue weighted by Crippen LogP contribution is -2.44. The summed E-state index contributed by atoms with van der Waals surface area (Å²) in [6.07, 6.45) is 6.71. The number of fused-ring (bicyclic) bond motifs is 1. The third kappa shape index (κ3) is 3.86. The first-order valence-corrected chi connectivity index (χ1v) is 10.2. The molecule has 1 aromatic heterocycles. The Kier molecular flexibility index (Phi) is 5.41. The molecular formula is C22H32N4. The fourth-order valence-corrected chi connectivity index (χ4v) is 4.67. The van der Waals surface area contributed by atoms with Crippen LogP contribution in [0.2, 0.25) is 0 Å². The number of rotatable bonds is 5. The van der Waals surface area contributed by atoms with Crippen molar-refractivity contribution >= 4 is 0 Å². The van der Waals surface area contributed by atoms with E-state index in [1.54, 1.807) is 0 Å². The van der Waals surface area contributed by atoms with Gasteiger partial charge in [-0.1, -0.05) is 30.3 Å². The van der Waals surface area contributed by atoms with Crippen LogP contribution < -0.4 is 0 Å². The summed E-state index contributed by atoms with van der Waals surface area (Å²) in [4.78, 5) is 13.4. The van der Waals surface area contributed by atoms with Crippen molar-refractivity contribution in [2.45, 2.75) is 51.6 Å². The Morgan fingerprint density at radius 1 is 1.12 bits per heavy atom. The van der Waals surface area contributed by atoms with Crippen LogP contribution in [-0.4, -0.2) is 52.0 Å². The first-order chi connectivity index (χ1) is 12.7. The average molecular weight is 353 g/mol. The highest BCUT2D eigenvalue weighted by atomic mass is 15.2. The highest BCUT2D eigenvalue weighted by Gasteiger charge is 2.32. The molecule has 1 aromatic carbocycles. The molecule has 4 nitrogen and oxygen atoms in total. The molecule has 0 aliphatic carbocycles. The molecular weight excluding hydrogens is 320 g/mol. The van der Waals surface area contributed by atoms with Gasteiger partial charge in [-0.15, -0.1) is 0 Å². The van der Waals surface area contributed by atoms with E-state index in [0.29, 0.717) is 12.1 Å². The quantitative estimate of drug-likeness (QED) is 0.892. The predicted molar refractivity (Wildman–Crippen MR) is 106 cm³/mol. The van der Waals surface area contributed by atoms with Gasteiger partial charge in [-0.2, -0.15) is 0 Å². The molecule has 140 valence electrons. The Balaban J connectivity index is 1.46. The molecule has 26 heavy (non-hydrogen) atoms. The fraction of sp³-hybridized carbons (Fsp3) is 0.591. The third-order valence-electron chi connectivity index (χ3n) is 6.30. The van der Waals surface area contributed by atoms with Gasteiger partial charge < -0.3 is 9.88 Å². The number of hydrogen-bond donors (Lipinski definition) is 1. The third-order valence-corrected chi connectivity index (χ3v) is 6.30. The molecule has 4 heteroatoms. The van der Waals surface area contributed by atoms with Crippen LogP contribution in [0, 0.1) is 5.92 Å². The predicted octanol–water partition coefficient (Wildman–Crippen LogP) is 3.67. The van der Waals surface area contributed by atoms with E-state index < -0.39 is 0 Å². The molecule has 2 aromatic rings. The van der Waals surface area contributed by atoms with E-state index in [9.17, 15) is 0 Å². The molecule has 0 unspecified atom stereocenters. The van der Waals surface area contributed by atoms with Crippen molar-refractivity contribution in [3.63, 3.8) is 0 Å². The van der Waals surface area contributed by atoms with Crippen molar-refractivity contribution in [2.75, 3.05) is 26.2 Å². The highest BCUT2D eigenvalue weighted by Crippen LogP contribution is 2.32. The minimum Gasteiger partial charge on any atom is -0.348 e. The summed E-state index contributed by atoms with van der Waals surface area (Å²) in [5, 5.41) is 0. The Labute approximate surface area is 157 Å². The normalized spacial score (nSPS) is 22.7. The summed E-state index contributed by atoms with van der Waals surface area (Å²) in [6.45, 7) is 9.52. The van der Waals surface area contributed by atoms with Crippen LogP contribution in [0.4, 0.5) is 0 Å². The maximum Gasteiger partial charge on any atom is 0.0925 e. The standard InChI is InChI=1S/C22H32N4/c1-17(2)25-11-8-19(9-12-25)15-26-13-10-20-22(24-16-23-20)21(26)14-18-6-4-3-5-7-18/h3-7,16-17,19,21H,8-15H2,1-2H3,(H,23,24)/t21-/m1/s1. The summed E-state index contributed by atoms with van der Waals surface area (Å²) in [7, 11) is 0. The molecule has 3 heterocycles. The van der Waals surface area contributed by atoms with E-state index >= 15 is 0 Å². The molecule has 0 bridgehead atoms. The second kappa shape index (κ2) is 7.93. The van der Waals surface area contributed by atoms with Gasteiger partial charge in [0, 0.05) is 31.2 Å². The zero-order chi connectivity index (χ0) is 17.9. The minimum absolute atomic E-state index is 0.413. The van der Waals surface area contributed by atoms with E-state index in [1.807, 2.05) is 6.33 Å². The number of nitrogens with one attached hydrogen (secondary N) is 1. The summed E-state index contributed by atoms with van der Waals surface area (Å²) in [6, 6.07) is 12.0. The van der Waals surface area contributed by atoms with Gasteiger partial charge in [0.05, 0.1) is 18.1 Å². The maximum atomic E-state index is 4.71. The summed E-state index contributed by atoms with van der Waals surface area (Å²) in [5.41, 5.74) is 4.03. The first kappa shape index (κ1) is 17.7. The smallest absolute Gasteiger partial charge is 0.0925 e. The molecule has 0 amide bonds. The van der Waals surface area contributed by atoms with Gasteiger partial charge in [-0.3, -0.25) is 4.90 Å². The van der Waals surface area contributed by atoms with Crippen molar-refractivity contribution in [1.29, 1.82) is 0 Å². The van der Waals surface area contributed by atoms with E-state index in [0.717, 1.165) is 25.3 Å². The van der Waals surface area contributed by atoms with E-state index in [-0.39, 0.29) is 0 Å². The number of piperidine rings is 1. The van der Waals surface area contributed by atoms with Gasteiger partial charge >= 0.3 is 0 Å². The number of hydrogen-bond acceptors (Lipinski definition) is 3. The largest absolute Gasteiger partial charge is 0.348 e. The number of benzene rings is 1.